The van der Waals surface area contributed by atoms with E-state index in [4.69, 9.17) is 13.3 Å². The van der Waals surface area contributed by atoms with Gasteiger partial charge in [0.05, 0.1) is 11.1 Å². The first-order chi connectivity index (χ1) is 16.3. The zero-order chi connectivity index (χ0) is 24.3. The van der Waals surface area contributed by atoms with Crippen LogP contribution in [0.25, 0.3) is 22.7 Å². The molecule has 1 heterocycles. The van der Waals surface area contributed by atoms with Crippen LogP contribution >= 0.6 is 15.9 Å². The number of para-hydroxylation sites is 2. The molecule has 0 aliphatic rings. The molecule has 9 heteroatoms. The highest BCUT2D eigenvalue weighted by atomic mass is 79.9. The van der Waals surface area contributed by atoms with Crippen LogP contribution in [0.15, 0.2) is 74.4 Å². The first-order valence-corrected chi connectivity index (χ1v) is 12.5. The van der Waals surface area contributed by atoms with E-state index in [9.17, 15) is 13.7 Å². The van der Waals surface area contributed by atoms with Gasteiger partial charge in [-0.05, 0) is 77.8 Å². The normalized spacial score (nSPS) is 11.9. The van der Waals surface area contributed by atoms with Crippen molar-refractivity contribution in [3.05, 3.63) is 82.2 Å². The van der Waals surface area contributed by atoms with Crippen molar-refractivity contribution >= 4 is 48.8 Å². The van der Waals surface area contributed by atoms with Crippen molar-refractivity contribution in [2.75, 3.05) is 6.61 Å². The molecule has 0 saturated heterocycles. The highest BCUT2D eigenvalue weighted by Crippen LogP contribution is 2.39. The molecule has 1 aromatic heterocycles. The molecule has 7 nitrogen and oxygen atoms in total. The average molecular weight is 539 g/mol. The minimum atomic E-state index is -4.09. The fourth-order valence-electron chi connectivity index (χ4n) is 3.17. The van der Waals surface area contributed by atoms with Gasteiger partial charge >= 0.3 is 10.1 Å². The van der Waals surface area contributed by atoms with E-state index in [0.717, 1.165) is 5.56 Å². The second-order valence-electron chi connectivity index (χ2n) is 7.27. The van der Waals surface area contributed by atoms with E-state index < -0.39 is 10.1 Å². The van der Waals surface area contributed by atoms with Gasteiger partial charge in [0.25, 0.3) is 0 Å². The monoisotopic (exact) mass is 538 g/mol. The Hall–Kier alpha value is -3.61. The molecule has 0 atom stereocenters. The molecule has 0 aliphatic heterocycles. The summed E-state index contributed by atoms with van der Waals surface area (Å²) in [5, 5.41) is 9.70. The third kappa shape index (κ3) is 4.98. The lowest BCUT2D eigenvalue weighted by Crippen LogP contribution is -2.11. The van der Waals surface area contributed by atoms with Gasteiger partial charge in [0.1, 0.15) is 22.1 Å². The molecule has 4 aromatic rings. The molecular formula is C25H19BrN2O5S. The Labute approximate surface area is 205 Å². The van der Waals surface area contributed by atoms with E-state index >= 15 is 0 Å². The van der Waals surface area contributed by atoms with Crippen molar-refractivity contribution in [3.63, 3.8) is 0 Å². The highest BCUT2D eigenvalue weighted by Gasteiger charge is 2.22. The van der Waals surface area contributed by atoms with Gasteiger partial charge in [-0.1, -0.05) is 29.8 Å². The van der Waals surface area contributed by atoms with Gasteiger partial charge < -0.3 is 13.3 Å². The van der Waals surface area contributed by atoms with E-state index in [1.165, 1.54) is 12.1 Å². The maximum atomic E-state index is 12.8. The molecule has 0 amide bonds. The number of halogens is 1. The molecule has 34 heavy (non-hydrogen) atoms. The number of fused-ring (bicyclic) bond motifs is 1. The standard InChI is InChI=1S/C25H19BrN2O5S/c1-3-31-23-14-17(12-18(15-27)25-28-21-6-4-5-7-22(21)32-25)13-20(26)24(23)33-34(29,30)19-10-8-16(2)9-11-19/h4-14H,3H2,1-2H3/b18-12+. The maximum absolute atomic E-state index is 12.8. The van der Waals surface area contributed by atoms with Crippen molar-refractivity contribution in [2.24, 2.45) is 0 Å². The van der Waals surface area contributed by atoms with Crippen LogP contribution in [0, 0.1) is 18.3 Å². The van der Waals surface area contributed by atoms with Crippen LogP contribution in [0.4, 0.5) is 0 Å². The third-order valence-corrected chi connectivity index (χ3v) is 6.61. The summed E-state index contributed by atoms with van der Waals surface area (Å²) in [5.41, 5.74) is 2.90. The Balaban J connectivity index is 1.73. The highest BCUT2D eigenvalue weighted by molar-refractivity contribution is 9.10. The number of aromatic nitrogens is 1. The number of oxazole rings is 1. The molecule has 0 radical (unpaired) electrons. The number of hydrogen-bond acceptors (Lipinski definition) is 7. The largest absolute Gasteiger partial charge is 0.490 e. The lowest BCUT2D eigenvalue weighted by atomic mass is 10.1. The van der Waals surface area contributed by atoms with E-state index in [0.29, 0.717) is 21.1 Å². The summed E-state index contributed by atoms with van der Waals surface area (Å²) in [4.78, 5) is 4.39. The zero-order valence-corrected chi connectivity index (χ0v) is 20.7. The molecule has 0 unspecified atom stereocenters. The summed E-state index contributed by atoms with van der Waals surface area (Å²) in [6.07, 6.45) is 1.58. The molecule has 4 rings (SSSR count). The summed E-state index contributed by atoms with van der Waals surface area (Å²) in [5.74, 6) is 0.397. The van der Waals surface area contributed by atoms with E-state index in [1.54, 1.807) is 49.4 Å². The number of nitriles is 1. The molecular weight excluding hydrogens is 520 g/mol. The van der Waals surface area contributed by atoms with Gasteiger partial charge in [0.15, 0.2) is 17.1 Å². The average Bonchev–Trinajstić information content (AvgIpc) is 3.24. The van der Waals surface area contributed by atoms with Crippen LogP contribution in [0.2, 0.25) is 0 Å². The Morgan fingerprint density at radius 2 is 1.91 bits per heavy atom. The van der Waals surface area contributed by atoms with Crippen LogP contribution < -0.4 is 8.92 Å². The Morgan fingerprint density at radius 1 is 1.18 bits per heavy atom. The van der Waals surface area contributed by atoms with Gasteiger partial charge in [0, 0.05) is 0 Å². The Morgan fingerprint density at radius 3 is 2.59 bits per heavy atom. The summed E-state index contributed by atoms with van der Waals surface area (Å²) >= 11 is 3.38. The number of benzene rings is 3. The second-order valence-corrected chi connectivity index (χ2v) is 9.67. The number of allylic oxidation sites excluding steroid dienone is 1. The Bertz CT molecular complexity index is 1500. The molecule has 3 aromatic carbocycles. The second kappa shape index (κ2) is 9.71. The lowest BCUT2D eigenvalue weighted by Gasteiger charge is -2.14. The number of aryl methyl sites for hydroxylation is 1. The first-order valence-electron chi connectivity index (χ1n) is 10.3. The van der Waals surface area contributed by atoms with Gasteiger partial charge in [-0.15, -0.1) is 0 Å². The quantitative estimate of drug-likeness (QED) is 0.206. The van der Waals surface area contributed by atoms with E-state index in [-0.39, 0.29) is 34.5 Å². The zero-order valence-electron chi connectivity index (χ0n) is 18.3. The molecule has 172 valence electrons. The third-order valence-electron chi connectivity index (χ3n) is 4.79. The van der Waals surface area contributed by atoms with Crippen molar-refractivity contribution in [2.45, 2.75) is 18.7 Å². The fourth-order valence-corrected chi connectivity index (χ4v) is 4.78. The SMILES string of the molecule is CCOc1cc(/C=C(\C#N)c2nc3ccccc3o2)cc(Br)c1OS(=O)(=O)c1ccc(C)cc1. The van der Waals surface area contributed by atoms with E-state index in [2.05, 4.69) is 27.0 Å². The van der Waals surface area contributed by atoms with Crippen molar-refractivity contribution in [1.29, 1.82) is 5.26 Å². The van der Waals surface area contributed by atoms with Crippen LogP contribution in [0.1, 0.15) is 23.9 Å². The number of nitrogens with zero attached hydrogens (tertiary/aromatic N) is 2. The summed E-state index contributed by atoms with van der Waals surface area (Å²) in [6.45, 7) is 3.91. The van der Waals surface area contributed by atoms with Crippen molar-refractivity contribution < 1.29 is 21.8 Å². The smallest absolute Gasteiger partial charge is 0.339 e. The Kier molecular flexibility index (Phi) is 6.72. The first kappa shape index (κ1) is 23.5. The topological polar surface area (TPSA) is 102 Å². The molecule has 0 bridgehead atoms. The van der Waals surface area contributed by atoms with Gasteiger partial charge in [0.2, 0.25) is 5.89 Å². The predicted molar refractivity (Wildman–Crippen MR) is 132 cm³/mol. The number of rotatable bonds is 7. The molecule has 0 N–H and O–H groups in total. The maximum Gasteiger partial charge on any atom is 0.339 e. The van der Waals surface area contributed by atoms with Gasteiger partial charge in [-0.3, -0.25) is 0 Å². The number of hydrogen-bond donors (Lipinski definition) is 0. The molecule has 0 aliphatic carbocycles. The van der Waals surface area contributed by atoms with Crippen molar-refractivity contribution in [1.82, 2.24) is 4.98 Å². The van der Waals surface area contributed by atoms with Gasteiger partial charge in [-0.25, -0.2) is 4.98 Å². The molecule has 0 spiro atoms. The predicted octanol–water partition coefficient (Wildman–Crippen LogP) is 6.13. The summed E-state index contributed by atoms with van der Waals surface area (Å²) < 4.78 is 42.8. The molecule has 0 saturated carbocycles. The fraction of sp³-hybridized carbons (Fsp3) is 0.120. The van der Waals surface area contributed by atoms with Crippen LogP contribution in [0.3, 0.4) is 0 Å². The minimum Gasteiger partial charge on any atom is -0.490 e. The van der Waals surface area contributed by atoms with Crippen LogP contribution in [-0.4, -0.2) is 20.0 Å². The van der Waals surface area contributed by atoms with Crippen LogP contribution in [0.5, 0.6) is 11.5 Å². The lowest BCUT2D eigenvalue weighted by molar-refractivity contribution is 0.327. The van der Waals surface area contributed by atoms with Crippen LogP contribution in [-0.2, 0) is 10.1 Å². The number of ether oxygens (including phenoxy) is 1. The molecule has 0 fully saturated rings. The summed E-state index contributed by atoms with van der Waals surface area (Å²) in [7, 11) is -4.09. The van der Waals surface area contributed by atoms with E-state index in [1.807, 2.05) is 19.1 Å². The van der Waals surface area contributed by atoms with Crippen molar-refractivity contribution in [3.8, 4) is 17.6 Å². The minimum absolute atomic E-state index is 0.0138. The van der Waals surface area contributed by atoms with Gasteiger partial charge in [-0.2, -0.15) is 13.7 Å². The summed E-state index contributed by atoms with van der Waals surface area (Å²) in [6, 6.07) is 18.9.